The van der Waals surface area contributed by atoms with Crippen molar-refractivity contribution in [2.45, 2.75) is 13.0 Å². The lowest BCUT2D eigenvalue weighted by Crippen LogP contribution is -2.17. The zero-order chi connectivity index (χ0) is 10.8. The fourth-order valence-electron chi connectivity index (χ4n) is 1.52. The van der Waals surface area contributed by atoms with E-state index >= 15 is 0 Å². The molecular formula is C12H11NO2. The molecule has 1 atom stereocenters. The SMILES string of the molecule is COc1ccc2c(c1)OC(C)C(C#N)=C2. The van der Waals surface area contributed by atoms with Crippen LogP contribution in [-0.2, 0) is 0 Å². The van der Waals surface area contributed by atoms with Crippen LogP contribution in [0, 0.1) is 11.3 Å². The number of nitrogens with zero attached hydrogens (tertiary/aromatic N) is 1. The fraction of sp³-hybridized carbons (Fsp3) is 0.250. The van der Waals surface area contributed by atoms with E-state index in [2.05, 4.69) is 6.07 Å². The van der Waals surface area contributed by atoms with E-state index in [0.29, 0.717) is 5.57 Å². The molecule has 1 aliphatic rings. The Labute approximate surface area is 88.5 Å². The molecule has 0 radical (unpaired) electrons. The molecule has 76 valence electrons. The molecule has 1 heterocycles. The van der Waals surface area contributed by atoms with Crippen molar-refractivity contribution in [3.63, 3.8) is 0 Å². The standard InChI is InChI=1S/C12H11NO2/c1-8-10(7-13)5-9-3-4-11(14-2)6-12(9)15-8/h3-6,8H,1-2H3. The van der Waals surface area contributed by atoms with Gasteiger partial charge in [-0.15, -0.1) is 0 Å². The lowest BCUT2D eigenvalue weighted by Gasteiger charge is -2.21. The molecule has 0 spiro atoms. The average molecular weight is 201 g/mol. The van der Waals surface area contributed by atoms with Crippen molar-refractivity contribution in [1.82, 2.24) is 0 Å². The highest BCUT2D eigenvalue weighted by Gasteiger charge is 2.18. The van der Waals surface area contributed by atoms with Gasteiger partial charge in [-0.2, -0.15) is 5.26 Å². The van der Waals surface area contributed by atoms with E-state index in [1.807, 2.05) is 31.2 Å². The molecule has 0 bridgehead atoms. The molecule has 3 nitrogen and oxygen atoms in total. The van der Waals surface area contributed by atoms with Gasteiger partial charge >= 0.3 is 0 Å². The summed E-state index contributed by atoms with van der Waals surface area (Å²) in [5, 5.41) is 8.86. The first-order valence-electron chi connectivity index (χ1n) is 4.71. The highest BCUT2D eigenvalue weighted by Crippen LogP contribution is 2.32. The molecule has 0 saturated carbocycles. The van der Waals surface area contributed by atoms with Crippen LogP contribution in [-0.4, -0.2) is 13.2 Å². The van der Waals surface area contributed by atoms with Crippen LogP contribution < -0.4 is 9.47 Å². The van der Waals surface area contributed by atoms with E-state index in [1.54, 1.807) is 7.11 Å². The lowest BCUT2D eigenvalue weighted by atomic mass is 10.0. The Kier molecular flexibility index (Phi) is 2.34. The maximum atomic E-state index is 8.86. The van der Waals surface area contributed by atoms with Crippen LogP contribution in [0.25, 0.3) is 6.08 Å². The molecule has 0 aliphatic carbocycles. The summed E-state index contributed by atoms with van der Waals surface area (Å²) in [7, 11) is 1.62. The van der Waals surface area contributed by atoms with Crippen LogP contribution in [0.1, 0.15) is 12.5 Å². The Morgan fingerprint density at radius 3 is 2.93 bits per heavy atom. The first-order chi connectivity index (χ1) is 7.24. The maximum absolute atomic E-state index is 8.86. The number of fused-ring (bicyclic) bond motifs is 1. The van der Waals surface area contributed by atoms with Gasteiger partial charge in [0.25, 0.3) is 0 Å². The highest BCUT2D eigenvalue weighted by molar-refractivity contribution is 5.67. The molecule has 0 N–H and O–H groups in total. The van der Waals surface area contributed by atoms with Crippen LogP contribution in [0.3, 0.4) is 0 Å². The minimum Gasteiger partial charge on any atom is -0.497 e. The second kappa shape index (κ2) is 3.66. The van der Waals surface area contributed by atoms with Crippen LogP contribution in [0.4, 0.5) is 0 Å². The van der Waals surface area contributed by atoms with Gasteiger partial charge in [0.1, 0.15) is 17.6 Å². The molecule has 0 amide bonds. The molecule has 1 aliphatic heterocycles. The molecule has 3 heteroatoms. The molecule has 0 aromatic heterocycles. The predicted molar refractivity (Wildman–Crippen MR) is 56.7 cm³/mol. The third kappa shape index (κ3) is 1.66. The lowest BCUT2D eigenvalue weighted by molar-refractivity contribution is 0.257. The first-order valence-corrected chi connectivity index (χ1v) is 4.71. The molecule has 1 aromatic rings. The minimum absolute atomic E-state index is 0.186. The van der Waals surface area contributed by atoms with Crippen LogP contribution in [0.2, 0.25) is 0 Å². The molecular weight excluding hydrogens is 190 g/mol. The van der Waals surface area contributed by atoms with Gasteiger partial charge in [0.05, 0.1) is 18.8 Å². The normalized spacial score (nSPS) is 18.2. The second-order valence-corrected chi connectivity index (χ2v) is 3.38. The Balaban J connectivity index is 2.46. The molecule has 0 saturated heterocycles. The summed E-state index contributed by atoms with van der Waals surface area (Å²) >= 11 is 0. The number of methoxy groups -OCH3 is 1. The van der Waals surface area contributed by atoms with E-state index in [0.717, 1.165) is 17.1 Å². The monoisotopic (exact) mass is 201 g/mol. The van der Waals surface area contributed by atoms with E-state index < -0.39 is 0 Å². The number of benzene rings is 1. The zero-order valence-corrected chi connectivity index (χ0v) is 8.65. The first kappa shape index (κ1) is 9.60. The van der Waals surface area contributed by atoms with Gasteiger partial charge in [-0.1, -0.05) is 0 Å². The number of nitriles is 1. The molecule has 0 fully saturated rings. The Morgan fingerprint density at radius 1 is 1.47 bits per heavy atom. The Morgan fingerprint density at radius 2 is 2.27 bits per heavy atom. The second-order valence-electron chi connectivity index (χ2n) is 3.38. The van der Waals surface area contributed by atoms with E-state index in [-0.39, 0.29) is 6.10 Å². The molecule has 1 unspecified atom stereocenters. The third-order valence-electron chi connectivity index (χ3n) is 2.40. The van der Waals surface area contributed by atoms with Crippen LogP contribution in [0.5, 0.6) is 11.5 Å². The van der Waals surface area contributed by atoms with Crippen LogP contribution >= 0.6 is 0 Å². The average Bonchev–Trinajstić information content (AvgIpc) is 2.27. The zero-order valence-electron chi connectivity index (χ0n) is 8.65. The summed E-state index contributed by atoms with van der Waals surface area (Å²) in [6.45, 7) is 1.86. The van der Waals surface area contributed by atoms with Gasteiger partial charge in [0, 0.05) is 11.6 Å². The Bertz CT molecular complexity index is 457. The molecule has 2 rings (SSSR count). The summed E-state index contributed by atoms with van der Waals surface area (Å²) in [5.41, 5.74) is 1.57. The van der Waals surface area contributed by atoms with E-state index in [4.69, 9.17) is 14.7 Å². The van der Waals surface area contributed by atoms with Gasteiger partial charge in [-0.3, -0.25) is 0 Å². The van der Waals surface area contributed by atoms with Crippen molar-refractivity contribution >= 4 is 6.08 Å². The minimum atomic E-state index is -0.186. The predicted octanol–water partition coefficient (Wildman–Crippen LogP) is 2.38. The van der Waals surface area contributed by atoms with Gasteiger partial charge in [0.2, 0.25) is 0 Å². The topological polar surface area (TPSA) is 42.2 Å². The number of ether oxygens (including phenoxy) is 2. The largest absolute Gasteiger partial charge is 0.497 e. The van der Waals surface area contributed by atoms with Crippen molar-refractivity contribution < 1.29 is 9.47 Å². The maximum Gasteiger partial charge on any atom is 0.131 e. The van der Waals surface area contributed by atoms with Crippen molar-refractivity contribution in [2.75, 3.05) is 7.11 Å². The highest BCUT2D eigenvalue weighted by atomic mass is 16.5. The van der Waals surface area contributed by atoms with Crippen molar-refractivity contribution in [1.29, 1.82) is 5.26 Å². The van der Waals surface area contributed by atoms with Crippen molar-refractivity contribution in [3.05, 3.63) is 29.3 Å². The summed E-state index contributed by atoms with van der Waals surface area (Å²) in [6, 6.07) is 7.70. The van der Waals surface area contributed by atoms with Crippen molar-refractivity contribution in [2.24, 2.45) is 0 Å². The summed E-state index contributed by atoms with van der Waals surface area (Å²) in [4.78, 5) is 0. The summed E-state index contributed by atoms with van der Waals surface area (Å²) in [5.74, 6) is 1.52. The van der Waals surface area contributed by atoms with Crippen LogP contribution in [0.15, 0.2) is 23.8 Å². The molecule has 15 heavy (non-hydrogen) atoms. The quantitative estimate of drug-likeness (QED) is 0.700. The van der Waals surface area contributed by atoms with Gasteiger partial charge in [-0.05, 0) is 25.1 Å². The number of hydrogen-bond donors (Lipinski definition) is 0. The Hall–Kier alpha value is -1.95. The number of hydrogen-bond acceptors (Lipinski definition) is 3. The van der Waals surface area contributed by atoms with E-state index in [1.165, 1.54) is 0 Å². The summed E-state index contributed by atoms with van der Waals surface area (Å²) in [6.07, 6.45) is 1.66. The van der Waals surface area contributed by atoms with Gasteiger partial charge in [-0.25, -0.2) is 0 Å². The van der Waals surface area contributed by atoms with Gasteiger partial charge < -0.3 is 9.47 Å². The molecule has 1 aromatic carbocycles. The smallest absolute Gasteiger partial charge is 0.131 e. The summed E-state index contributed by atoms with van der Waals surface area (Å²) < 4.78 is 10.7. The van der Waals surface area contributed by atoms with Gasteiger partial charge in [0.15, 0.2) is 0 Å². The fourth-order valence-corrected chi connectivity index (χ4v) is 1.52. The third-order valence-corrected chi connectivity index (χ3v) is 2.40. The van der Waals surface area contributed by atoms with Crippen molar-refractivity contribution in [3.8, 4) is 17.6 Å². The van der Waals surface area contributed by atoms with E-state index in [9.17, 15) is 0 Å². The number of rotatable bonds is 1.